The molecule has 0 bridgehead atoms. The topological polar surface area (TPSA) is 153 Å². The molecule has 4 rings (SSSR count). The van der Waals surface area contributed by atoms with Gasteiger partial charge in [0.1, 0.15) is 29.3 Å². The molecule has 2 atom stereocenters. The molecule has 1 aromatic carbocycles. The van der Waals surface area contributed by atoms with E-state index in [4.69, 9.17) is 11.0 Å². The van der Waals surface area contributed by atoms with E-state index in [0.717, 1.165) is 6.92 Å². The van der Waals surface area contributed by atoms with E-state index in [1.165, 1.54) is 37.6 Å². The van der Waals surface area contributed by atoms with Crippen molar-refractivity contribution < 1.29 is 17.9 Å². The summed E-state index contributed by atoms with van der Waals surface area (Å²) in [5, 5.41) is 9.45. The van der Waals surface area contributed by atoms with Crippen molar-refractivity contribution in [2.75, 3.05) is 11.1 Å². The van der Waals surface area contributed by atoms with Gasteiger partial charge in [0.25, 0.3) is 5.00 Å². The molecule has 1 aliphatic heterocycles. The fourth-order valence-corrected chi connectivity index (χ4v) is 5.14. The molecule has 5 N–H and O–H groups in total. The van der Waals surface area contributed by atoms with Crippen molar-refractivity contribution >= 4 is 39.0 Å². The van der Waals surface area contributed by atoms with Crippen LogP contribution in [0.5, 0.6) is 0 Å². The van der Waals surface area contributed by atoms with Gasteiger partial charge in [-0.1, -0.05) is 0 Å². The van der Waals surface area contributed by atoms with Crippen LogP contribution in [0.3, 0.4) is 0 Å². The second-order valence-electron chi connectivity index (χ2n) is 7.74. The number of nitriles is 1. The van der Waals surface area contributed by atoms with Gasteiger partial charge in [0, 0.05) is 17.4 Å². The maximum absolute atomic E-state index is 14.8. The summed E-state index contributed by atoms with van der Waals surface area (Å²) in [5.41, 5.74) is 5.75. The maximum Gasteiger partial charge on any atom is 0.250 e. The summed E-state index contributed by atoms with van der Waals surface area (Å²) in [6.07, 6.45) is 2.68. The van der Waals surface area contributed by atoms with E-state index in [9.17, 15) is 17.9 Å². The maximum atomic E-state index is 14.8. The van der Waals surface area contributed by atoms with E-state index in [2.05, 4.69) is 25.3 Å². The van der Waals surface area contributed by atoms with Gasteiger partial charge in [0.05, 0.1) is 16.8 Å². The number of aromatic nitrogens is 3. The van der Waals surface area contributed by atoms with Crippen LogP contribution in [-0.4, -0.2) is 40.6 Å². The molecule has 0 saturated heterocycles. The van der Waals surface area contributed by atoms with Crippen molar-refractivity contribution in [2.24, 2.45) is 10.7 Å². The summed E-state index contributed by atoms with van der Waals surface area (Å²) in [4.78, 5) is 16.6. The fourth-order valence-electron chi connectivity index (χ4n) is 3.48. The number of nitrogens with two attached hydrogens (primary N) is 1. The lowest BCUT2D eigenvalue weighted by Gasteiger charge is -2.50. The third kappa shape index (κ3) is 3.50. The Kier molecular flexibility index (Phi) is 5.00. The Labute approximate surface area is 183 Å². The van der Waals surface area contributed by atoms with Crippen molar-refractivity contribution in [3.63, 3.8) is 0 Å². The number of rotatable bonds is 3. The molecule has 166 valence electrons. The first-order valence-corrected chi connectivity index (χ1v) is 11.1. The number of fused-ring (bicyclic) bond motifs is 1. The van der Waals surface area contributed by atoms with Crippen molar-refractivity contribution in [2.45, 2.75) is 24.4 Å². The van der Waals surface area contributed by atoms with E-state index < -0.39 is 38.5 Å². The van der Waals surface area contributed by atoms with Gasteiger partial charge in [-0.3, -0.25) is 14.1 Å². The molecular formula is C20H19F2N7O2S. The minimum Gasteiger partial charge on any atom is -0.383 e. The first kappa shape index (κ1) is 21.8. The number of benzene rings is 1. The average molecular weight is 459 g/mol. The van der Waals surface area contributed by atoms with Crippen molar-refractivity contribution in [3.05, 3.63) is 53.7 Å². The van der Waals surface area contributed by atoms with Crippen molar-refractivity contribution in [3.8, 4) is 6.07 Å². The van der Waals surface area contributed by atoms with Gasteiger partial charge < -0.3 is 11.1 Å². The number of alkyl halides is 1. The van der Waals surface area contributed by atoms with Gasteiger partial charge >= 0.3 is 0 Å². The molecule has 12 heteroatoms. The van der Waals surface area contributed by atoms with Crippen LogP contribution in [0.25, 0.3) is 11.0 Å². The van der Waals surface area contributed by atoms with Gasteiger partial charge in [0.15, 0.2) is 11.7 Å². The third-order valence-corrected chi connectivity index (χ3v) is 7.74. The Hall–Kier alpha value is -3.40. The van der Waals surface area contributed by atoms with Crippen LogP contribution in [0.15, 0.2) is 41.8 Å². The molecule has 32 heavy (non-hydrogen) atoms. The van der Waals surface area contributed by atoms with Crippen LogP contribution in [0, 0.1) is 17.1 Å². The molecule has 0 aliphatic carbocycles. The number of halogens is 2. The molecule has 2 aromatic heterocycles. The van der Waals surface area contributed by atoms with Crippen LogP contribution in [0.2, 0.25) is 0 Å². The van der Waals surface area contributed by atoms with E-state index >= 15 is 0 Å². The first-order chi connectivity index (χ1) is 15.0. The zero-order valence-electron chi connectivity index (χ0n) is 17.0. The van der Waals surface area contributed by atoms with Gasteiger partial charge in [-0.25, -0.2) is 23.7 Å². The number of pyridine rings is 1. The van der Waals surface area contributed by atoms with Gasteiger partial charge in [-0.05, 0) is 38.1 Å². The summed E-state index contributed by atoms with van der Waals surface area (Å²) in [6.45, 7) is 2.40. The Bertz CT molecular complexity index is 1310. The summed E-state index contributed by atoms with van der Waals surface area (Å²) in [5.74, 6) is -1.50. The highest BCUT2D eigenvalue weighted by Gasteiger charge is 2.52. The largest absolute Gasteiger partial charge is 0.383 e. The number of aliphatic imine (C=N–C) groups is 1. The van der Waals surface area contributed by atoms with Crippen LogP contribution in [-0.2, 0) is 5.54 Å². The average Bonchev–Trinajstić information content (AvgIpc) is 2.73. The summed E-state index contributed by atoms with van der Waals surface area (Å²) >= 11 is 0. The second-order valence-corrected chi connectivity index (χ2v) is 10.1. The summed E-state index contributed by atoms with van der Waals surface area (Å²) in [7, 11) is -3.86. The molecule has 0 spiro atoms. The highest BCUT2D eigenvalue weighted by molar-refractivity contribution is 8.26. The molecule has 3 heterocycles. The third-order valence-electron chi connectivity index (χ3n) is 5.33. The number of nitrogens with one attached hydrogen (secondary N) is 1. The molecule has 0 radical (unpaired) electrons. The Balaban J connectivity index is 1.76. The molecule has 1 aliphatic rings. The Morgan fingerprint density at radius 1 is 1.22 bits per heavy atom. The number of hydrogen-bond donors (Lipinski definition) is 4. The SMILES string of the molecule is C[C@]1(F)C(N)=N[C@](C)(c2cc(Nc3ncnc4cc(C#N)cnc34)ccc2F)CS1(O)O. The molecule has 0 unspecified atom stereocenters. The number of amidine groups is 1. The Morgan fingerprint density at radius 3 is 2.66 bits per heavy atom. The van der Waals surface area contributed by atoms with E-state index in [1.807, 2.05) is 6.07 Å². The monoisotopic (exact) mass is 459 g/mol. The lowest BCUT2D eigenvalue weighted by atomic mass is 9.93. The zero-order chi connectivity index (χ0) is 23.3. The predicted molar refractivity (Wildman–Crippen MR) is 118 cm³/mol. The lowest BCUT2D eigenvalue weighted by molar-refractivity contribution is 0.313. The molecule has 9 nitrogen and oxygen atoms in total. The smallest absolute Gasteiger partial charge is 0.250 e. The van der Waals surface area contributed by atoms with Crippen LogP contribution >= 0.6 is 10.6 Å². The van der Waals surface area contributed by atoms with Crippen molar-refractivity contribution in [1.82, 2.24) is 15.0 Å². The molecule has 3 aromatic rings. The summed E-state index contributed by atoms with van der Waals surface area (Å²) in [6, 6.07) is 7.59. The fraction of sp³-hybridized carbons (Fsp3) is 0.250. The van der Waals surface area contributed by atoms with Gasteiger partial charge in [-0.2, -0.15) is 15.9 Å². The minimum atomic E-state index is -3.86. The number of hydrogen-bond acceptors (Lipinski definition) is 9. The van der Waals surface area contributed by atoms with E-state index in [1.54, 1.807) is 6.07 Å². The minimum absolute atomic E-state index is 0.000914. The quantitative estimate of drug-likeness (QED) is 0.461. The van der Waals surface area contributed by atoms with Gasteiger partial charge in [-0.15, -0.1) is 0 Å². The molecular weight excluding hydrogens is 440 g/mol. The second kappa shape index (κ2) is 7.33. The van der Waals surface area contributed by atoms with Crippen LogP contribution in [0.1, 0.15) is 25.0 Å². The van der Waals surface area contributed by atoms with Crippen LogP contribution in [0.4, 0.5) is 20.3 Å². The Morgan fingerprint density at radius 2 is 1.97 bits per heavy atom. The van der Waals surface area contributed by atoms with Crippen LogP contribution < -0.4 is 11.1 Å². The van der Waals surface area contributed by atoms with E-state index in [0.29, 0.717) is 28.1 Å². The zero-order valence-corrected chi connectivity index (χ0v) is 17.9. The number of anilines is 2. The molecule has 0 fully saturated rings. The molecule has 0 amide bonds. The highest BCUT2D eigenvalue weighted by atomic mass is 32.3. The molecule has 0 saturated carbocycles. The van der Waals surface area contributed by atoms with Crippen molar-refractivity contribution in [1.29, 1.82) is 5.26 Å². The van der Waals surface area contributed by atoms with E-state index in [-0.39, 0.29) is 5.56 Å². The number of nitrogens with zero attached hydrogens (tertiary/aromatic N) is 5. The van der Waals surface area contributed by atoms with Gasteiger partial charge in [0.2, 0.25) is 0 Å². The summed E-state index contributed by atoms with van der Waals surface area (Å²) < 4.78 is 50.2. The standard InChI is InChI=1S/C20H19F2N7O2S/c1-19(9-32(30,31)20(2,22)18(24)29-19)13-6-12(3-4-14(13)21)28-17-16-15(26-10-27-17)5-11(7-23)8-25-16/h3-6,8,10,30-31H,9H2,1-2H3,(H2,24,29)(H,26,27,28)/t19-,20+/m0/s1. The lowest BCUT2D eigenvalue weighted by Crippen LogP contribution is -2.51. The highest BCUT2D eigenvalue weighted by Crippen LogP contribution is 2.60. The predicted octanol–water partition coefficient (Wildman–Crippen LogP) is 3.80. The normalized spacial score (nSPS) is 25.6. The first-order valence-electron chi connectivity index (χ1n) is 9.35.